The van der Waals surface area contributed by atoms with Crippen LogP contribution in [0.2, 0.25) is 0 Å². The van der Waals surface area contributed by atoms with E-state index in [0.29, 0.717) is 18.0 Å². The van der Waals surface area contributed by atoms with E-state index >= 15 is 0 Å². The lowest BCUT2D eigenvalue weighted by Gasteiger charge is -2.25. The van der Waals surface area contributed by atoms with Crippen LogP contribution < -0.4 is 5.32 Å². The molecule has 1 aromatic carbocycles. The van der Waals surface area contributed by atoms with E-state index in [-0.39, 0.29) is 0 Å². The molecule has 1 aromatic rings. The van der Waals surface area contributed by atoms with Crippen LogP contribution in [0.5, 0.6) is 0 Å². The maximum absolute atomic E-state index is 3.68. The second kappa shape index (κ2) is 5.68. The fourth-order valence-electron chi connectivity index (χ4n) is 2.13. The van der Waals surface area contributed by atoms with E-state index in [1.54, 1.807) is 0 Å². The average Bonchev–Trinajstić information content (AvgIpc) is 2.22. The minimum Gasteiger partial charge on any atom is -0.307 e. The van der Waals surface area contributed by atoms with Crippen molar-refractivity contribution in [3.05, 3.63) is 34.4 Å². The van der Waals surface area contributed by atoms with E-state index < -0.39 is 0 Å². The Morgan fingerprint density at radius 3 is 1.88 bits per heavy atom. The van der Waals surface area contributed by atoms with Gasteiger partial charge in [-0.15, -0.1) is 0 Å². The standard InChI is InChI=1S/C16H27N/c1-10(2)14(6)17-15(7)16-9-12(4)11(3)8-13(16)5/h8-10,14-15,17H,1-7H3. The molecule has 0 bridgehead atoms. The van der Waals surface area contributed by atoms with Gasteiger partial charge in [-0.3, -0.25) is 0 Å². The van der Waals surface area contributed by atoms with E-state index in [4.69, 9.17) is 0 Å². The Bertz CT molecular complexity index is 379. The van der Waals surface area contributed by atoms with Crippen LogP contribution >= 0.6 is 0 Å². The van der Waals surface area contributed by atoms with Gasteiger partial charge in [-0.1, -0.05) is 26.0 Å². The maximum atomic E-state index is 3.68. The van der Waals surface area contributed by atoms with Gasteiger partial charge in [-0.2, -0.15) is 0 Å². The van der Waals surface area contributed by atoms with Crippen LogP contribution in [0.25, 0.3) is 0 Å². The van der Waals surface area contributed by atoms with Crippen LogP contribution in [-0.2, 0) is 0 Å². The van der Waals surface area contributed by atoms with Crippen molar-refractivity contribution in [1.29, 1.82) is 0 Å². The van der Waals surface area contributed by atoms with Gasteiger partial charge >= 0.3 is 0 Å². The van der Waals surface area contributed by atoms with Crippen molar-refractivity contribution in [2.75, 3.05) is 0 Å². The van der Waals surface area contributed by atoms with E-state index in [9.17, 15) is 0 Å². The molecule has 2 atom stereocenters. The lowest BCUT2D eigenvalue weighted by atomic mass is 9.95. The van der Waals surface area contributed by atoms with Gasteiger partial charge in [-0.25, -0.2) is 0 Å². The van der Waals surface area contributed by atoms with Crippen molar-refractivity contribution in [2.45, 2.75) is 60.5 Å². The SMILES string of the molecule is Cc1cc(C)c(C(C)NC(C)C(C)C)cc1C. The molecule has 96 valence electrons. The molecule has 0 aliphatic rings. The Morgan fingerprint density at radius 2 is 1.35 bits per heavy atom. The van der Waals surface area contributed by atoms with Crippen molar-refractivity contribution < 1.29 is 0 Å². The molecule has 1 N–H and O–H groups in total. The first kappa shape index (κ1) is 14.2. The van der Waals surface area contributed by atoms with Gasteiger partial charge in [0, 0.05) is 12.1 Å². The predicted octanol–water partition coefficient (Wildman–Crippen LogP) is 4.31. The van der Waals surface area contributed by atoms with Gasteiger partial charge in [-0.05, 0) is 62.8 Å². The molecule has 0 amide bonds. The molecule has 17 heavy (non-hydrogen) atoms. The van der Waals surface area contributed by atoms with Gasteiger partial charge < -0.3 is 5.32 Å². The van der Waals surface area contributed by atoms with E-state index in [0.717, 1.165) is 0 Å². The van der Waals surface area contributed by atoms with Crippen LogP contribution in [0.1, 0.15) is 56.0 Å². The zero-order valence-corrected chi connectivity index (χ0v) is 12.4. The highest BCUT2D eigenvalue weighted by Crippen LogP contribution is 2.22. The molecule has 0 aromatic heterocycles. The van der Waals surface area contributed by atoms with Gasteiger partial charge in [0.2, 0.25) is 0 Å². The van der Waals surface area contributed by atoms with E-state index in [1.807, 2.05) is 0 Å². The van der Waals surface area contributed by atoms with Gasteiger partial charge in [0.25, 0.3) is 0 Å². The monoisotopic (exact) mass is 233 g/mol. The normalized spacial score (nSPS) is 15.1. The van der Waals surface area contributed by atoms with Crippen molar-refractivity contribution in [3.8, 4) is 0 Å². The first-order valence-corrected chi connectivity index (χ1v) is 6.66. The Balaban J connectivity index is 2.89. The smallest absolute Gasteiger partial charge is 0.0297 e. The zero-order chi connectivity index (χ0) is 13.2. The summed E-state index contributed by atoms with van der Waals surface area (Å²) in [5.41, 5.74) is 5.59. The predicted molar refractivity (Wildman–Crippen MR) is 76.5 cm³/mol. The first-order valence-electron chi connectivity index (χ1n) is 6.66. The molecular weight excluding hydrogens is 206 g/mol. The summed E-state index contributed by atoms with van der Waals surface area (Å²) in [6.45, 7) is 15.6. The first-order chi connectivity index (χ1) is 7.82. The summed E-state index contributed by atoms with van der Waals surface area (Å²) < 4.78 is 0. The van der Waals surface area contributed by atoms with Crippen LogP contribution in [0.4, 0.5) is 0 Å². The van der Waals surface area contributed by atoms with Gasteiger partial charge in [0.1, 0.15) is 0 Å². The van der Waals surface area contributed by atoms with Crippen LogP contribution in [0.15, 0.2) is 12.1 Å². The fourth-order valence-corrected chi connectivity index (χ4v) is 2.13. The van der Waals surface area contributed by atoms with Crippen molar-refractivity contribution in [2.24, 2.45) is 5.92 Å². The number of rotatable bonds is 4. The molecule has 0 heterocycles. The van der Waals surface area contributed by atoms with Crippen LogP contribution in [0.3, 0.4) is 0 Å². The highest BCUT2D eigenvalue weighted by molar-refractivity contribution is 5.38. The second-order valence-corrected chi connectivity index (χ2v) is 5.71. The summed E-state index contributed by atoms with van der Waals surface area (Å²) >= 11 is 0. The molecule has 0 aliphatic heterocycles. The molecule has 1 rings (SSSR count). The van der Waals surface area contributed by atoms with Gasteiger partial charge in [0.05, 0.1) is 0 Å². The molecular formula is C16H27N. The fraction of sp³-hybridized carbons (Fsp3) is 0.625. The second-order valence-electron chi connectivity index (χ2n) is 5.71. The number of nitrogens with one attached hydrogen (secondary N) is 1. The quantitative estimate of drug-likeness (QED) is 0.817. The summed E-state index contributed by atoms with van der Waals surface area (Å²) in [5.74, 6) is 0.671. The van der Waals surface area contributed by atoms with Gasteiger partial charge in [0.15, 0.2) is 0 Å². The summed E-state index contributed by atoms with van der Waals surface area (Å²) in [4.78, 5) is 0. The molecule has 0 radical (unpaired) electrons. The number of aryl methyl sites for hydroxylation is 3. The molecule has 0 fully saturated rings. The Labute approximate surface area is 107 Å². The largest absolute Gasteiger partial charge is 0.307 e. The van der Waals surface area contributed by atoms with Crippen molar-refractivity contribution in [3.63, 3.8) is 0 Å². The minimum atomic E-state index is 0.423. The van der Waals surface area contributed by atoms with E-state index in [2.05, 4.69) is 65.9 Å². The lowest BCUT2D eigenvalue weighted by molar-refractivity contribution is 0.388. The third-order valence-electron chi connectivity index (χ3n) is 3.86. The van der Waals surface area contributed by atoms with E-state index in [1.165, 1.54) is 22.3 Å². The Hall–Kier alpha value is -0.820. The number of benzene rings is 1. The highest BCUT2D eigenvalue weighted by atomic mass is 14.9. The summed E-state index contributed by atoms with van der Waals surface area (Å²) in [6.07, 6.45) is 0. The summed E-state index contributed by atoms with van der Waals surface area (Å²) in [7, 11) is 0. The Morgan fingerprint density at radius 1 is 0.824 bits per heavy atom. The molecule has 1 nitrogen and oxygen atoms in total. The third kappa shape index (κ3) is 3.57. The number of hydrogen-bond donors (Lipinski definition) is 1. The average molecular weight is 233 g/mol. The molecule has 0 saturated heterocycles. The molecule has 0 spiro atoms. The Kier molecular flexibility index (Phi) is 4.76. The lowest BCUT2D eigenvalue weighted by Crippen LogP contribution is -2.33. The van der Waals surface area contributed by atoms with Crippen LogP contribution in [0, 0.1) is 26.7 Å². The molecule has 0 saturated carbocycles. The third-order valence-corrected chi connectivity index (χ3v) is 3.86. The topological polar surface area (TPSA) is 12.0 Å². The van der Waals surface area contributed by atoms with Crippen molar-refractivity contribution in [1.82, 2.24) is 5.32 Å². The highest BCUT2D eigenvalue weighted by Gasteiger charge is 2.14. The van der Waals surface area contributed by atoms with Crippen LogP contribution in [-0.4, -0.2) is 6.04 Å². The molecule has 1 heteroatoms. The summed E-state index contributed by atoms with van der Waals surface area (Å²) in [6, 6.07) is 5.59. The molecule has 0 aliphatic carbocycles. The molecule has 2 unspecified atom stereocenters. The maximum Gasteiger partial charge on any atom is 0.0297 e. The zero-order valence-electron chi connectivity index (χ0n) is 12.4. The minimum absolute atomic E-state index is 0.423. The summed E-state index contributed by atoms with van der Waals surface area (Å²) in [5, 5.41) is 3.68. The number of hydrogen-bond acceptors (Lipinski definition) is 1. The van der Waals surface area contributed by atoms with Crippen molar-refractivity contribution >= 4 is 0 Å².